The fourth-order valence-electron chi connectivity index (χ4n) is 4.01. The van der Waals surface area contributed by atoms with Crippen LogP contribution in [0.3, 0.4) is 0 Å². The second-order valence-electron chi connectivity index (χ2n) is 9.31. The number of nitrogens with zero attached hydrogens (tertiary/aromatic N) is 1. The molecule has 3 aliphatic rings. The second-order valence-corrected chi connectivity index (χ2v) is 12.4. The lowest BCUT2D eigenvalue weighted by Gasteiger charge is -2.44. The first kappa shape index (κ1) is 23.8. The zero-order chi connectivity index (χ0) is 21.2. The summed E-state index contributed by atoms with van der Waals surface area (Å²) in [4.78, 5) is 2.46. The van der Waals surface area contributed by atoms with Gasteiger partial charge in [0.25, 0.3) is 0 Å². The van der Waals surface area contributed by atoms with E-state index in [-0.39, 0.29) is 0 Å². The number of rotatable bonds is 4. The standard InChI is InChI=1S/C20H36N2O5S2/c1-20(2,3)29(26)21-14-8-6-7-13(11-22-9-4-5-10-22)12-28-19-17(25)15(23)16(24)18(14)27-19/h6-7,13-19,21,23-25H,4-5,8-12H2,1-3H3/b7-6-/t13-,14+,15-,16+,17+,18+,19+,29?/m0/s1. The van der Waals surface area contributed by atoms with Crippen LogP contribution in [0.1, 0.15) is 40.0 Å². The van der Waals surface area contributed by atoms with E-state index >= 15 is 0 Å². The van der Waals surface area contributed by atoms with Gasteiger partial charge in [0.2, 0.25) is 0 Å². The summed E-state index contributed by atoms with van der Waals surface area (Å²) in [5.41, 5.74) is -0.627. The number of hydrogen-bond donors (Lipinski definition) is 4. The number of thioether (sulfide) groups is 1. The van der Waals surface area contributed by atoms with Crippen molar-refractivity contribution in [3.63, 3.8) is 0 Å². The highest BCUT2D eigenvalue weighted by atomic mass is 32.2. The van der Waals surface area contributed by atoms with Crippen molar-refractivity contribution in [2.45, 2.75) is 80.7 Å². The summed E-state index contributed by atoms with van der Waals surface area (Å²) in [6.45, 7) is 8.86. The van der Waals surface area contributed by atoms with E-state index in [1.807, 2.05) is 20.8 Å². The maximum absolute atomic E-state index is 12.7. The van der Waals surface area contributed by atoms with Gasteiger partial charge in [-0.25, -0.2) is 0 Å². The predicted molar refractivity (Wildman–Crippen MR) is 117 cm³/mol. The Kier molecular flexibility index (Phi) is 8.36. The third-order valence-electron chi connectivity index (χ3n) is 5.78. The van der Waals surface area contributed by atoms with Crippen molar-refractivity contribution in [2.75, 3.05) is 25.4 Å². The highest BCUT2D eigenvalue weighted by Crippen LogP contribution is 2.33. The summed E-state index contributed by atoms with van der Waals surface area (Å²) in [7, 11) is 0. The minimum atomic E-state index is -1.35. The molecule has 8 atom stereocenters. The predicted octanol–water partition coefficient (Wildman–Crippen LogP) is 0.620. The summed E-state index contributed by atoms with van der Waals surface area (Å²) >= 11 is 0.133. The number of hydrogen-bond acceptors (Lipinski definition) is 8. The van der Waals surface area contributed by atoms with Crippen LogP contribution in [0.4, 0.5) is 0 Å². The fourth-order valence-corrected chi connectivity index (χ4v) is 6.09. The summed E-state index contributed by atoms with van der Waals surface area (Å²) < 4.78 is 21.4. The molecular formula is C20H36N2O5S2. The van der Waals surface area contributed by atoms with Gasteiger partial charge >= 0.3 is 0 Å². The minimum Gasteiger partial charge on any atom is -0.598 e. The van der Waals surface area contributed by atoms with E-state index in [9.17, 15) is 19.9 Å². The van der Waals surface area contributed by atoms with Gasteiger partial charge in [0.1, 0.15) is 34.6 Å². The van der Waals surface area contributed by atoms with E-state index in [2.05, 4.69) is 21.8 Å². The molecule has 9 heteroatoms. The molecular weight excluding hydrogens is 412 g/mol. The molecule has 0 amide bonds. The maximum Gasteiger partial charge on any atom is 0.136 e. The van der Waals surface area contributed by atoms with Gasteiger partial charge in [-0.2, -0.15) is 0 Å². The third kappa shape index (κ3) is 6.11. The maximum atomic E-state index is 12.7. The minimum absolute atomic E-state index is 0.309. The number of nitrogens with one attached hydrogen (secondary N) is 1. The molecule has 0 aromatic carbocycles. The first-order valence-corrected chi connectivity index (χ1v) is 12.7. The molecule has 0 spiro atoms. The Labute approximate surface area is 181 Å². The van der Waals surface area contributed by atoms with E-state index < -0.39 is 52.0 Å². The lowest BCUT2D eigenvalue weighted by Crippen LogP contribution is -2.63. The Hall–Kier alpha value is 0.160. The van der Waals surface area contributed by atoms with Gasteiger partial charge in [-0.3, -0.25) is 0 Å². The Balaban J connectivity index is 1.78. The molecule has 29 heavy (non-hydrogen) atoms. The lowest BCUT2D eigenvalue weighted by molar-refractivity contribution is -0.203. The van der Waals surface area contributed by atoms with Crippen molar-refractivity contribution in [3.8, 4) is 0 Å². The first-order chi connectivity index (χ1) is 13.7. The Morgan fingerprint density at radius 1 is 1.17 bits per heavy atom. The van der Waals surface area contributed by atoms with Crippen LogP contribution in [0.2, 0.25) is 0 Å². The average molecular weight is 449 g/mol. The van der Waals surface area contributed by atoms with Gasteiger partial charge in [0.15, 0.2) is 0 Å². The van der Waals surface area contributed by atoms with Gasteiger partial charge < -0.3 is 29.5 Å². The normalized spacial score (nSPS) is 41.8. The molecule has 0 aromatic heterocycles. The van der Waals surface area contributed by atoms with Crippen molar-refractivity contribution in [3.05, 3.63) is 12.2 Å². The van der Waals surface area contributed by atoms with E-state index in [1.165, 1.54) is 24.6 Å². The lowest BCUT2D eigenvalue weighted by atomic mass is 9.93. The largest absolute Gasteiger partial charge is 0.598 e. The first-order valence-electron chi connectivity index (χ1n) is 10.5. The molecule has 0 aromatic rings. The van der Waals surface area contributed by atoms with Gasteiger partial charge in [0, 0.05) is 23.7 Å². The quantitative estimate of drug-likeness (QED) is 0.366. The highest BCUT2D eigenvalue weighted by molar-refractivity contribution is 7.99. The molecule has 7 nitrogen and oxygen atoms in total. The number of ether oxygens (including phenoxy) is 1. The van der Waals surface area contributed by atoms with Gasteiger partial charge in [-0.15, -0.1) is 16.5 Å². The molecule has 4 N–H and O–H groups in total. The monoisotopic (exact) mass is 448 g/mol. The molecule has 1 unspecified atom stereocenters. The third-order valence-corrected chi connectivity index (χ3v) is 8.75. The van der Waals surface area contributed by atoms with Crippen molar-refractivity contribution in [1.29, 1.82) is 0 Å². The number of fused-ring (bicyclic) bond motifs is 2. The van der Waals surface area contributed by atoms with E-state index in [0.717, 1.165) is 25.4 Å². The molecule has 168 valence electrons. The molecule has 3 heterocycles. The van der Waals surface area contributed by atoms with Crippen LogP contribution < -0.4 is 4.72 Å². The number of aliphatic hydroxyl groups excluding tert-OH is 3. The Morgan fingerprint density at radius 3 is 2.52 bits per heavy atom. The molecule has 3 rings (SSSR count). The van der Waals surface area contributed by atoms with E-state index in [4.69, 9.17) is 4.74 Å². The molecule has 0 radical (unpaired) electrons. The highest BCUT2D eigenvalue weighted by Gasteiger charge is 2.48. The zero-order valence-electron chi connectivity index (χ0n) is 17.6. The van der Waals surface area contributed by atoms with Crippen molar-refractivity contribution < 1.29 is 24.6 Å². The zero-order valence-corrected chi connectivity index (χ0v) is 19.2. The van der Waals surface area contributed by atoms with Crippen molar-refractivity contribution in [1.82, 2.24) is 9.62 Å². The molecule has 0 saturated carbocycles. The van der Waals surface area contributed by atoms with Gasteiger partial charge in [0.05, 0.1) is 6.04 Å². The summed E-state index contributed by atoms with van der Waals surface area (Å²) in [5, 5.41) is 31.4. The average Bonchev–Trinajstić information content (AvgIpc) is 3.16. The van der Waals surface area contributed by atoms with Crippen LogP contribution >= 0.6 is 11.8 Å². The fraction of sp³-hybridized carbons (Fsp3) is 0.900. The summed E-state index contributed by atoms with van der Waals surface area (Å²) in [6, 6.07) is -0.433. The summed E-state index contributed by atoms with van der Waals surface area (Å²) in [5.74, 6) is 1.08. The van der Waals surface area contributed by atoms with E-state index in [0.29, 0.717) is 12.3 Å². The number of likely N-dealkylation sites (tertiary alicyclic amines) is 1. The van der Waals surface area contributed by atoms with Crippen LogP contribution in [-0.2, 0) is 16.1 Å². The molecule has 2 saturated heterocycles. The summed E-state index contributed by atoms with van der Waals surface area (Å²) in [6.07, 6.45) is 2.84. The van der Waals surface area contributed by atoms with E-state index in [1.54, 1.807) is 0 Å². The second kappa shape index (κ2) is 10.2. The smallest absolute Gasteiger partial charge is 0.136 e. The van der Waals surface area contributed by atoms with Crippen LogP contribution in [0, 0.1) is 5.92 Å². The molecule has 2 bridgehead atoms. The SMILES string of the molecule is CC(C)(C)[S+]([O-])N[C@@H]1C/C=C\[C@@H](CN2CCCC2)CS[C@H]2O[C@H]1[C@H](O)[C@H](O)[C@H]2O. The van der Waals surface area contributed by atoms with Crippen molar-refractivity contribution in [2.24, 2.45) is 5.92 Å². The van der Waals surface area contributed by atoms with Crippen LogP contribution in [0.15, 0.2) is 12.2 Å². The Morgan fingerprint density at radius 2 is 1.86 bits per heavy atom. The van der Waals surface area contributed by atoms with Crippen LogP contribution in [0.25, 0.3) is 0 Å². The van der Waals surface area contributed by atoms with Crippen LogP contribution in [0.5, 0.6) is 0 Å². The molecule has 2 fully saturated rings. The number of aliphatic hydroxyl groups is 3. The molecule has 3 aliphatic heterocycles. The molecule has 0 aliphatic carbocycles. The van der Waals surface area contributed by atoms with Gasteiger partial charge in [-0.05, 0) is 59.0 Å². The Bertz CT molecular complexity index is 555. The topological polar surface area (TPSA) is 108 Å². The van der Waals surface area contributed by atoms with Gasteiger partial charge in [-0.1, -0.05) is 12.2 Å². The van der Waals surface area contributed by atoms with Crippen LogP contribution in [-0.4, -0.2) is 90.8 Å². The van der Waals surface area contributed by atoms with Crippen molar-refractivity contribution >= 4 is 23.1 Å².